The van der Waals surface area contributed by atoms with Crippen LogP contribution in [0.25, 0.3) is 0 Å². The summed E-state index contributed by atoms with van der Waals surface area (Å²) in [6.45, 7) is 2.63. The number of Topliss-reactive ketones (excluding diaryl/α,β-unsaturated/α-hetero) is 1. The van der Waals surface area contributed by atoms with E-state index in [1.807, 2.05) is 0 Å². The van der Waals surface area contributed by atoms with Gasteiger partial charge in [-0.05, 0) is 19.8 Å². The average molecular weight is 246 g/mol. The number of ketones is 1. The quantitative estimate of drug-likeness (QED) is 0.392. The first-order valence-corrected chi connectivity index (χ1v) is 5.29. The second-order valence-corrected chi connectivity index (χ2v) is 3.78. The highest BCUT2D eigenvalue weighted by Crippen LogP contribution is 2.12. The molecule has 1 unspecified atom stereocenters. The molecular weight excluding hydrogens is 228 g/mol. The SMILES string of the molecule is COC(=O)C(C)(O)C(=O)CCCCOC(C)=O. The van der Waals surface area contributed by atoms with Gasteiger partial charge >= 0.3 is 11.9 Å². The van der Waals surface area contributed by atoms with Gasteiger partial charge in [-0.1, -0.05) is 0 Å². The van der Waals surface area contributed by atoms with Crippen molar-refractivity contribution in [1.82, 2.24) is 0 Å². The average Bonchev–Trinajstić information content (AvgIpc) is 2.26. The fraction of sp³-hybridized carbons (Fsp3) is 0.727. The number of esters is 2. The van der Waals surface area contributed by atoms with Gasteiger partial charge in [-0.2, -0.15) is 0 Å². The number of carbonyl (C=O) groups is 3. The molecule has 17 heavy (non-hydrogen) atoms. The molecule has 0 heterocycles. The molecule has 1 N–H and O–H groups in total. The van der Waals surface area contributed by atoms with Crippen molar-refractivity contribution < 1.29 is 29.0 Å². The highest BCUT2D eigenvalue weighted by atomic mass is 16.5. The van der Waals surface area contributed by atoms with Crippen LogP contribution in [-0.4, -0.2) is 42.1 Å². The molecule has 6 nitrogen and oxygen atoms in total. The first-order valence-electron chi connectivity index (χ1n) is 5.29. The van der Waals surface area contributed by atoms with Crippen molar-refractivity contribution in [2.45, 2.75) is 38.7 Å². The number of ether oxygens (including phenoxy) is 2. The van der Waals surface area contributed by atoms with E-state index in [2.05, 4.69) is 9.47 Å². The smallest absolute Gasteiger partial charge is 0.345 e. The molecule has 0 aromatic rings. The van der Waals surface area contributed by atoms with Crippen LogP contribution < -0.4 is 0 Å². The van der Waals surface area contributed by atoms with E-state index in [0.717, 1.165) is 14.0 Å². The summed E-state index contributed by atoms with van der Waals surface area (Å²) >= 11 is 0. The summed E-state index contributed by atoms with van der Waals surface area (Å²) in [5.74, 6) is -1.95. The Labute approximate surface area is 99.9 Å². The summed E-state index contributed by atoms with van der Waals surface area (Å²) in [4.78, 5) is 33.0. The Morgan fingerprint density at radius 3 is 2.29 bits per heavy atom. The fourth-order valence-electron chi connectivity index (χ4n) is 1.16. The van der Waals surface area contributed by atoms with Crippen LogP contribution in [0.15, 0.2) is 0 Å². The zero-order valence-corrected chi connectivity index (χ0v) is 10.3. The molecule has 0 bridgehead atoms. The Morgan fingerprint density at radius 1 is 1.24 bits per heavy atom. The van der Waals surface area contributed by atoms with E-state index in [9.17, 15) is 19.5 Å². The predicted molar refractivity (Wildman–Crippen MR) is 58.1 cm³/mol. The summed E-state index contributed by atoms with van der Waals surface area (Å²) in [7, 11) is 1.10. The minimum absolute atomic E-state index is 0.0311. The molecule has 0 aliphatic heterocycles. The van der Waals surface area contributed by atoms with Crippen molar-refractivity contribution in [2.75, 3.05) is 13.7 Å². The number of hydrogen-bond donors (Lipinski definition) is 1. The van der Waals surface area contributed by atoms with Gasteiger partial charge in [0.1, 0.15) is 0 Å². The Balaban J connectivity index is 3.94. The van der Waals surface area contributed by atoms with E-state index in [1.165, 1.54) is 6.92 Å². The normalized spacial score (nSPS) is 13.6. The molecule has 98 valence electrons. The summed E-state index contributed by atoms with van der Waals surface area (Å²) in [5.41, 5.74) is -2.10. The van der Waals surface area contributed by atoms with E-state index in [-0.39, 0.29) is 19.0 Å². The summed E-state index contributed by atoms with van der Waals surface area (Å²) < 4.78 is 8.99. The fourth-order valence-corrected chi connectivity index (χ4v) is 1.16. The summed E-state index contributed by atoms with van der Waals surface area (Å²) in [6, 6.07) is 0. The molecular formula is C11H18O6. The lowest BCUT2D eigenvalue weighted by Crippen LogP contribution is -2.44. The monoisotopic (exact) mass is 246 g/mol. The molecule has 0 radical (unpaired) electrons. The van der Waals surface area contributed by atoms with E-state index in [4.69, 9.17) is 0 Å². The molecule has 0 saturated heterocycles. The van der Waals surface area contributed by atoms with Crippen molar-refractivity contribution >= 4 is 17.7 Å². The van der Waals surface area contributed by atoms with Gasteiger partial charge < -0.3 is 14.6 Å². The number of rotatable bonds is 7. The topological polar surface area (TPSA) is 89.9 Å². The van der Waals surface area contributed by atoms with Gasteiger partial charge in [0, 0.05) is 13.3 Å². The third-order valence-electron chi connectivity index (χ3n) is 2.23. The van der Waals surface area contributed by atoms with Crippen LogP contribution in [0, 0.1) is 0 Å². The van der Waals surface area contributed by atoms with Crippen molar-refractivity contribution in [1.29, 1.82) is 0 Å². The zero-order valence-electron chi connectivity index (χ0n) is 10.3. The van der Waals surface area contributed by atoms with Gasteiger partial charge in [0.25, 0.3) is 0 Å². The first kappa shape index (κ1) is 15.6. The molecule has 0 aliphatic carbocycles. The van der Waals surface area contributed by atoms with Crippen LogP contribution in [0.3, 0.4) is 0 Å². The second-order valence-electron chi connectivity index (χ2n) is 3.78. The van der Waals surface area contributed by atoms with E-state index in [0.29, 0.717) is 12.8 Å². The van der Waals surface area contributed by atoms with E-state index in [1.54, 1.807) is 0 Å². The molecule has 0 aliphatic rings. The number of hydrogen-bond acceptors (Lipinski definition) is 6. The van der Waals surface area contributed by atoms with Crippen LogP contribution in [0.4, 0.5) is 0 Å². The van der Waals surface area contributed by atoms with Gasteiger partial charge in [-0.25, -0.2) is 4.79 Å². The Kier molecular flexibility index (Phi) is 6.42. The van der Waals surface area contributed by atoms with Crippen molar-refractivity contribution in [2.24, 2.45) is 0 Å². The highest BCUT2D eigenvalue weighted by Gasteiger charge is 2.38. The zero-order chi connectivity index (χ0) is 13.5. The van der Waals surface area contributed by atoms with Crippen molar-refractivity contribution in [3.63, 3.8) is 0 Å². The summed E-state index contributed by atoms with van der Waals surface area (Å²) in [6.07, 6.45) is 0.963. The van der Waals surface area contributed by atoms with Crippen LogP contribution in [0.2, 0.25) is 0 Å². The van der Waals surface area contributed by atoms with Crippen LogP contribution in [0.5, 0.6) is 0 Å². The van der Waals surface area contributed by atoms with Gasteiger partial charge in [-0.15, -0.1) is 0 Å². The number of carbonyl (C=O) groups excluding carboxylic acids is 3. The van der Waals surface area contributed by atoms with Gasteiger partial charge in [0.05, 0.1) is 13.7 Å². The highest BCUT2D eigenvalue weighted by molar-refractivity contribution is 6.06. The van der Waals surface area contributed by atoms with Crippen LogP contribution in [0.1, 0.15) is 33.1 Å². The molecule has 6 heteroatoms. The minimum Gasteiger partial charge on any atom is -0.467 e. The predicted octanol–water partition coefficient (Wildman–Crippen LogP) is 0.213. The third kappa shape index (κ3) is 5.44. The lowest BCUT2D eigenvalue weighted by molar-refractivity contribution is -0.166. The maximum absolute atomic E-state index is 11.5. The van der Waals surface area contributed by atoms with Crippen molar-refractivity contribution in [3.05, 3.63) is 0 Å². The molecule has 0 amide bonds. The van der Waals surface area contributed by atoms with Gasteiger partial charge in [0.15, 0.2) is 5.78 Å². The molecule has 0 spiro atoms. The van der Waals surface area contributed by atoms with E-state index < -0.39 is 17.4 Å². The maximum Gasteiger partial charge on any atom is 0.345 e. The third-order valence-corrected chi connectivity index (χ3v) is 2.23. The second kappa shape index (κ2) is 7.01. The lowest BCUT2D eigenvalue weighted by atomic mass is 9.97. The number of methoxy groups -OCH3 is 1. The van der Waals surface area contributed by atoms with Crippen LogP contribution >= 0.6 is 0 Å². The molecule has 0 aromatic heterocycles. The molecule has 1 atom stereocenters. The Hall–Kier alpha value is -1.43. The molecule has 0 aromatic carbocycles. The van der Waals surface area contributed by atoms with Gasteiger partial charge in [0.2, 0.25) is 5.60 Å². The molecule has 0 rings (SSSR count). The summed E-state index contributed by atoms with van der Waals surface area (Å²) in [5, 5.41) is 9.59. The molecule has 0 saturated carbocycles. The minimum atomic E-state index is -2.10. The van der Waals surface area contributed by atoms with Crippen molar-refractivity contribution in [3.8, 4) is 0 Å². The lowest BCUT2D eigenvalue weighted by Gasteiger charge is -2.18. The first-order chi connectivity index (χ1) is 7.82. The van der Waals surface area contributed by atoms with E-state index >= 15 is 0 Å². The molecule has 0 fully saturated rings. The van der Waals surface area contributed by atoms with Crippen LogP contribution in [-0.2, 0) is 23.9 Å². The standard InChI is InChI=1S/C11H18O6/c1-8(12)17-7-5-4-6-9(13)11(2,15)10(14)16-3/h15H,4-7H2,1-3H3. The Morgan fingerprint density at radius 2 is 1.82 bits per heavy atom. The number of unbranched alkanes of at least 4 members (excludes halogenated alkanes) is 1. The van der Waals surface area contributed by atoms with Gasteiger partial charge in [-0.3, -0.25) is 9.59 Å². The Bertz CT molecular complexity index is 294. The largest absolute Gasteiger partial charge is 0.467 e. The number of aliphatic hydroxyl groups is 1. The maximum atomic E-state index is 11.5.